The van der Waals surface area contributed by atoms with Crippen molar-refractivity contribution in [2.45, 2.75) is 12.3 Å². The van der Waals surface area contributed by atoms with Crippen LogP contribution in [-0.4, -0.2) is 0 Å². The highest BCUT2D eigenvalue weighted by atomic mass is 19.1. The summed E-state index contributed by atoms with van der Waals surface area (Å²) in [5.74, 6) is -1.07. The molecule has 0 nitrogen and oxygen atoms in total. The highest BCUT2D eigenvalue weighted by Crippen LogP contribution is 2.57. The van der Waals surface area contributed by atoms with Crippen LogP contribution in [0.4, 0.5) is 8.78 Å². The van der Waals surface area contributed by atoms with Crippen molar-refractivity contribution in [3.63, 3.8) is 0 Å². The Bertz CT molecular complexity index is 1140. The number of benzene rings is 4. The molecule has 0 fully saturated rings. The molecule has 0 spiro atoms. The summed E-state index contributed by atoms with van der Waals surface area (Å²) in [4.78, 5) is 0. The largest absolute Gasteiger partial charge is 0.207 e. The van der Waals surface area contributed by atoms with E-state index in [9.17, 15) is 4.39 Å². The molecular weight excluding hydrogens is 350 g/mol. The molecule has 0 atom stereocenters. The van der Waals surface area contributed by atoms with Gasteiger partial charge in [-0.25, -0.2) is 8.78 Å². The lowest BCUT2D eigenvalue weighted by Gasteiger charge is -2.34. The number of hydrogen-bond donors (Lipinski definition) is 0. The normalized spacial score (nSPS) is 13.8. The van der Waals surface area contributed by atoms with Crippen LogP contribution >= 0.6 is 0 Å². The first-order chi connectivity index (χ1) is 13.6. The molecule has 0 heterocycles. The summed E-state index contributed by atoms with van der Waals surface area (Å²) in [6.07, 6.45) is 0. The molecule has 28 heavy (non-hydrogen) atoms. The van der Waals surface area contributed by atoms with E-state index < -0.39 is 17.0 Å². The van der Waals surface area contributed by atoms with Gasteiger partial charge < -0.3 is 0 Å². The van der Waals surface area contributed by atoms with Crippen LogP contribution in [0.1, 0.15) is 27.8 Å². The second-order valence-electron chi connectivity index (χ2n) is 7.34. The first-order valence-electron chi connectivity index (χ1n) is 9.34. The maximum Gasteiger partial charge on any atom is 0.131 e. The molecule has 1 aliphatic carbocycles. The molecule has 0 unspecified atom stereocenters. The molecule has 4 aromatic rings. The molecule has 0 saturated carbocycles. The van der Waals surface area contributed by atoms with E-state index in [1.54, 1.807) is 0 Å². The van der Waals surface area contributed by atoms with Gasteiger partial charge in [-0.05, 0) is 40.8 Å². The zero-order chi connectivity index (χ0) is 19.3. The van der Waals surface area contributed by atoms with Crippen LogP contribution in [-0.2, 0) is 5.41 Å². The van der Waals surface area contributed by atoms with Gasteiger partial charge in [-0.2, -0.15) is 0 Å². The van der Waals surface area contributed by atoms with Gasteiger partial charge in [-0.1, -0.05) is 84.4 Å². The van der Waals surface area contributed by atoms with Crippen LogP contribution in [0.15, 0.2) is 91.0 Å². The van der Waals surface area contributed by atoms with E-state index >= 15 is 4.39 Å². The van der Waals surface area contributed by atoms with Crippen LogP contribution in [0, 0.1) is 18.6 Å². The number of rotatable bonds is 2. The van der Waals surface area contributed by atoms with Gasteiger partial charge in [0.2, 0.25) is 0 Å². The Morgan fingerprint density at radius 2 is 1.25 bits per heavy atom. The average molecular weight is 368 g/mol. The Hall–Kier alpha value is -3.26. The van der Waals surface area contributed by atoms with Gasteiger partial charge in [-0.15, -0.1) is 0 Å². The number of fused-ring (bicyclic) bond motifs is 3. The predicted molar refractivity (Wildman–Crippen MR) is 108 cm³/mol. The maximum atomic E-state index is 15.4. The molecule has 0 amide bonds. The van der Waals surface area contributed by atoms with Crippen molar-refractivity contribution >= 4 is 0 Å². The standard InChI is InChI=1S/C26H18F2/c1-17-12-13-21-22-15-20(27)16-24(28)25(22)26(23(21)14-17,18-8-4-2-5-9-18)19-10-6-3-7-11-19/h2-16H,1H3. The molecule has 0 aromatic heterocycles. The lowest BCUT2D eigenvalue weighted by molar-refractivity contribution is 0.560. The smallest absolute Gasteiger partial charge is 0.131 e. The van der Waals surface area contributed by atoms with Crippen molar-refractivity contribution in [1.82, 2.24) is 0 Å². The van der Waals surface area contributed by atoms with Crippen molar-refractivity contribution < 1.29 is 8.78 Å². The monoisotopic (exact) mass is 368 g/mol. The Labute approximate surface area is 163 Å². The Morgan fingerprint density at radius 1 is 0.643 bits per heavy atom. The zero-order valence-electron chi connectivity index (χ0n) is 15.4. The predicted octanol–water partition coefficient (Wildman–Crippen LogP) is 6.64. The fourth-order valence-corrected chi connectivity index (χ4v) is 4.65. The molecule has 0 radical (unpaired) electrons. The second kappa shape index (κ2) is 6.13. The van der Waals surface area contributed by atoms with E-state index in [-0.39, 0.29) is 0 Å². The SMILES string of the molecule is Cc1ccc2c(c1)C(c1ccccc1)(c1ccccc1)c1c(F)cc(F)cc1-2. The van der Waals surface area contributed by atoms with E-state index in [1.165, 1.54) is 6.07 Å². The van der Waals surface area contributed by atoms with Gasteiger partial charge in [-0.3, -0.25) is 0 Å². The molecule has 0 saturated heterocycles. The molecule has 5 rings (SSSR count). The van der Waals surface area contributed by atoms with Crippen LogP contribution in [0.3, 0.4) is 0 Å². The third kappa shape index (κ3) is 2.21. The lowest BCUT2D eigenvalue weighted by Crippen LogP contribution is -2.29. The van der Waals surface area contributed by atoms with Crippen molar-refractivity contribution in [2.75, 3.05) is 0 Å². The third-order valence-electron chi connectivity index (χ3n) is 5.71. The minimum absolute atomic E-state index is 0.517. The fourth-order valence-electron chi connectivity index (χ4n) is 4.65. The molecule has 136 valence electrons. The molecule has 1 aliphatic rings. The summed E-state index contributed by atoms with van der Waals surface area (Å²) in [6, 6.07) is 28.4. The maximum absolute atomic E-state index is 15.4. The Balaban J connectivity index is 2.02. The Kier molecular flexibility index (Phi) is 3.70. The molecule has 0 bridgehead atoms. The van der Waals surface area contributed by atoms with Crippen molar-refractivity contribution in [1.29, 1.82) is 0 Å². The average Bonchev–Trinajstić information content (AvgIpc) is 3.00. The van der Waals surface area contributed by atoms with Crippen LogP contribution in [0.5, 0.6) is 0 Å². The fraction of sp³-hybridized carbons (Fsp3) is 0.0769. The lowest BCUT2D eigenvalue weighted by atomic mass is 9.67. The summed E-state index contributed by atoms with van der Waals surface area (Å²) >= 11 is 0. The summed E-state index contributed by atoms with van der Waals surface area (Å²) in [5, 5.41) is 0. The van der Waals surface area contributed by atoms with Crippen LogP contribution in [0.2, 0.25) is 0 Å². The summed E-state index contributed by atoms with van der Waals surface area (Å²) in [6.45, 7) is 2.03. The van der Waals surface area contributed by atoms with E-state index in [0.29, 0.717) is 11.1 Å². The van der Waals surface area contributed by atoms with Crippen molar-refractivity contribution in [2.24, 2.45) is 0 Å². The van der Waals surface area contributed by atoms with Crippen LogP contribution < -0.4 is 0 Å². The molecule has 0 N–H and O–H groups in total. The highest BCUT2D eigenvalue weighted by Gasteiger charge is 2.48. The number of halogens is 2. The number of hydrogen-bond acceptors (Lipinski definition) is 0. The summed E-state index contributed by atoms with van der Waals surface area (Å²) in [7, 11) is 0. The van der Waals surface area contributed by atoms with Crippen molar-refractivity contribution in [3.8, 4) is 11.1 Å². The minimum Gasteiger partial charge on any atom is -0.207 e. The first kappa shape index (κ1) is 16.9. The van der Waals surface area contributed by atoms with Gasteiger partial charge >= 0.3 is 0 Å². The molecule has 4 aromatic carbocycles. The molecule has 2 heteroatoms. The minimum atomic E-state index is -0.822. The van der Waals surface area contributed by atoms with E-state index in [4.69, 9.17) is 0 Å². The zero-order valence-corrected chi connectivity index (χ0v) is 15.4. The van der Waals surface area contributed by atoms with Crippen LogP contribution in [0.25, 0.3) is 11.1 Å². The van der Waals surface area contributed by atoms with Gasteiger partial charge in [0.15, 0.2) is 0 Å². The Morgan fingerprint density at radius 3 is 1.86 bits per heavy atom. The van der Waals surface area contributed by atoms with E-state index in [2.05, 4.69) is 6.07 Å². The topological polar surface area (TPSA) is 0 Å². The van der Waals surface area contributed by atoms with Gasteiger partial charge in [0.1, 0.15) is 11.6 Å². The molecule has 0 aliphatic heterocycles. The highest BCUT2D eigenvalue weighted by molar-refractivity contribution is 5.86. The third-order valence-corrected chi connectivity index (χ3v) is 5.71. The first-order valence-corrected chi connectivity index (χ1v) is 9.34. The van der Waals surface area contributed by atoms with Gasteiger partial charge in [0, 0.05) is 11.6 Å². The van der Waals surface area contributed by atoms with Gasteiger partial charge in [0.05, 0.1) is 5.41 Å². The summed E-state index contributed by atoms with van der Waals surface area (Å²) < 4.78 is 29.7. The van der Waals surface area contributed by atoms with Crippen molar-refractivity contribution in [3.05, 3.63) is 130 Å². The second-order valence-corrected chi connectivity index (χ2v) is 7.34. The summed E-state index contributed by atoms with van der Waals surface area (Å²) in [5.41, 5.74) is 5.22. The van der Waals surface area contributed by atoms with E-state index in [0.717, 1.165) is 33.9 Å². The quantitative estimate of drug-likeness (QED) is 0.328. The van der Waals surface area contributed by atoms with E-state index in [1.807, 2.05) is 79.7 Å². The molecular formula is C26H18F2. The van der Waals surface area contributed by atoms with Gasteiger partial charge in [0.25, 0.3) is 0 Å². The number of aryl methyl sites for hydroxylation is 1.